The fraction of sp³-hybridized carbons (Fsp3) is 0.222. The zero-order chi connectivity index (χ0) is 15.9. The van der Waals surface area contributed by atoms with Crippen LogP contribution in [0.5, 0.6) is 0 Å². The normalized spacial score (nSPS) is 11.5. The summed E-state index contributed by atoms with van der Waals surface area (Å²) in [4.78, 5) is 24.0. The first-order valence-corrected chi connectivity index (χ1v) is 7.36. The summed E-state index contributed by atoms with van der Waals surface area (Å²) in [7, 11) is 0. The molecular formula is C18H20N2O2. The molecule has 0 unspecified atom stereocenters. The van der Waals surface area contributed by atoms with Gasteiger partial charge >= 0.3 is 11.8 Å². The number of hydrogen-bond donors (Lipinski definition) is 2. The molecular weight excluding hydrogens is 276 g/mol. The lowest BCUT2D eigenvalue weighted by atomic mass is 10.1. The van der Waals surface area contributed by atoms with Crippen LogP contribution >= 0.6 is 0 Å². The van der Waals surface area contributed by atoms with E-state index in [2.05, 4.69) is 10.6 Å². The maximum Gasteiger partial charge on any atom is 0.313 e. The highest BCUT2D eigenvalue weighted by Crippen LogP contribution is 2.15. The molecule has 0 saturated carbocycles. The van der Waals surface area contributed by atoms with Crippen LogP contribution in [-0.4, -0.2) is 11.8 Å². The molecule has 0 radical (unpaired) electrons. The predicted octanol–water partition coefficient (Wildman–Crippen LogP) is 3.06. The molecule has 0 spiro atoms. The van der Waals surface area contributed by atoms with Crippen LogP contribution in [-0.2, 0) is 16.0 Å². The van der Waals surface area contributed by atoms with E-state index in [1.165, 1.54) is 0 Å². The average molecular weight is 296 g/mol. The third-order valence-electron chi connectivity index (χ3n) is 3.50. The third kappa shape index (κ3) is 3.95. The Labute approximate surface area is 130 Å². The summed E-state index contributed by atoms with van der Waals surface area (Å²) in [5.41, 5.74) is 2.63. The molecule has 0 aliphatic rings. The van der Waals surface area contributed by atoms with Crippen molar-refractivity contribution in [1.82, 2.24) is 5.32 Å². The van der Waals surface area contributed by atoms with Crippen LogP contribution in [0.1, 0.15) is 31.0 Å². The fourth-order valence-electron chi connectivity index (χ4n) is 2.22. The molecule has 0 saturated heterocycles. The lowest BCUT2D eigenvalue weighted by molar-refractivity contribution is -0.136. The Morgan fingerprint density at radius 3 is 2.27 bits per heavy atom. The topological polar surface area (TPSA) is 58.2 Å². The Balaban J connectivity index is 1.99. The molecule has 2 N–H and O–H groups in total. The second kappa shape index (κ2) is 7.41. The molecule has 2 rings (SSSR count). The van der Waals surface area contributed by atoms with E-state index < -0.39 is 11.8 Å². The van der Waals surface area contributed by atoms with Gasteiger partial charge in [-0.2, -0.15) is 0 Å². The first-order chi connectivity index (χ1) is 10.6. The van der Waals surface area contributed by atoms with E-state index in [1.54, 1.807) is 6.07 Å². The van der Waals surface area contributed by atoms with E-state index in [1.807, 2.05) is 62.4 Å². The van der Waals surface area contributed by atoms with Gasteiger partial charge in [0.15, 0.2) is 0 Å². The van der Waals surface area contributed by atoms with E-state index in [4.69, 9.17) is 0 Å². The standard InChI is InChI=1S/C18H20N2O2/c1-3-14-9-7-8-12-16(14)20-18(22)17(21)19-13(2)15-10-5-4-6-11-15/h4-13H,3H2,1-2H3,(H,19,21)(H,20,22)/t13-/m1/s1. The molecule has 0 heterocycles. The van der Waals surface area contributed by atoms with Crippen LogP contribution in [0.15, 0.2) is 54.6 Å². The van der Waals surface area contributed by atoms with E-state index in [-0.39, 0.29) is 6.04 Å². The smallest absolute Gasteiger partial charge is 0.313 e. The predicted molar refractivity (Wildman–Crippen MR) is 87.4 cm³/mol. The molecule has 0 bridgehead atoms. The molecule has 4 heteroatoms. The van der Waals surface area contributed by atoms with Gasteiger partial charge in [0.05, 0.1) is 6.04 Å². The van der Waals surface area contributed by atoms with Crippen LogP contribution < -0.4 is 10.6 Å². The van der Waals surface area contributed by atoms with Crippen LogP contribution in [0.3, 0.4) is 0 Å². The summed E-state index contributed by atoms with van der Waals surface area (Å²) in [6.45, 7) is 3.85. The van der Waals surface area contributed by atoms with Gasteiger partial charge in [0.1, 0.15) is 0 Å². The monoisotopic (exact) mass is 296 g/mol. The zero-order valence-corrected chi connectivity index (χ0v) is 12.8. The molecule has 114 valence electrons. The summed E-state index contributed by atoms with van der Waals surface area (Å²) in [5.74, 6) is -1.29. The second-order valence-corrected chi connectivity index (χ2v) is 5.07. The molecule has 22 heavy (non-hydrogen) atoms. The number of carbonyl (C=O) groups excluding carboxylic acids is 2. The fourth-order valence-corrected chi connectivity index (χ4v) is 2.22. The SMILES string of the molecule is CCc1ccccc1NC(=O)C(=O)N[C@H](C)c1ccccc1. The molecule has 2 aromatic rings. The Morgan fingerprint density at radius 1 is 0.955 bits per heavy atom. The Bertz CT molecular complexity index is 653. The lowest BCUT2D eigenvalue weighted by Crippen LogP contribution is -2.37. The van der Waals surface area contributed by atoms with Crippen molar-refractivity contribution >= 4 is 17.5 Å². The highest BCUT2D eigenvalue weighted by Gasteiger charge is 2.17. The van der Waals surface area contributed by atoms with E-state index >= 15 is 0 Å². The minimum atomic E-state index is -0.649. The number of benzene rings is 2. The summed E-state index contributed by atoms with van der Waals surface area (Å²) in [6, 6.07) is 16.8. The first kappa shape index (κ1) is 15.8. The third-order valence-corrected chi connectivity index (χ3v) is 3.50. The highest BCUT2D eigenvalue weighted by molar-refractivity contribution is 6.39. The summed E-state index contributed by atoms with van der Waals surface area (Å²) < 4.78 is 0. The van der Waals surface area contributed by atoms with Crippen molar-refractivity contribution in [1.29, 1.82) is 0 Å². The van der Waals surface area contributed by atoms with E-state index in [9.17, 15) is 9.59 Å². The molecule has 0 fully saturated rings. The van der Waals surface area contributed by atoms with Gasteiger partial charge in [-0.05, 0) is 30.5 Å². The van der Waals surface area contributed by atoms with Gasteiger partial charge in [0.2, 0.25) is 0 Å². The molecule has 4 nitrogen and oxygen atoms in total. The minimum absolute atomic E-state index is 0.221. The summed E-state index contributed by atoms with van der Waals surface area (Å²) in [5, 5.41) is 5.37. The number of anilines is 1. The molecule has 2 aromatic carbocycles. The van der Waals surface area contributed by atoms with Crippen molar-refractivity contribution in [2.45, 2.75) is 26.3 Å². The lowest BCUT2D eigenvalue weighted by Gasteiger charge is -2.14. The summed E-state index contributed by atoms with van der Waals surface area (Å²) in [6.07, 6.45) is 0.790. The zero-order valence-electron chi connectivity index (χ0n) is 12.8. The van der Waals surface area contributed by atoms with Crippen molar-refractivity contribution in [3.63, 3.8) is 0 Å². The van der Waals surface area contributed by atoms with Crippen LogP contribution in [0.2, 0.25) is 0 Å². The summed E-state index contributed by atoms with van der Waals surface area (Å²) >= 11 is 0. The van der Waals surface area contributed by atoms with Gasteiger partial charge in [0.25, 0.3) is 0 Å². The average Bonchev–Trinajstić information content (AvgIpc) is 2.56. The number of aryl methyl sites for hydroxylation is 1. The Hall–Kier alpha value is -2.62. The van der Waals surface area contributed by atoms with Gasteiger partial charge in [-0.1, -0.05) is 55.5 Å². The molecule has 0 aromatic heterocycles. The minimum Gasteiger partial charge on any atom is -0.341 e. The van der Waals surface area contributed by atoms with Gasteiger partial charge in [-0.15, -0.1) is 0 Å². The van der Waals surface area contributed by atoms with Crippen LogP contribution in [0.25, 0.3) is 0 Å². The van der Waals surface area contributed by atoms with Gasteiger partial charge in [-0.25, -0.2) is 0 Å². The molecule has 2 amide bonds. The van der Waals surface area contributed by atoms with Gasteiger partial charge in [-0.3, -0.25) is 9.59 Å². The molecule has 0 aliphatic heterocycles. The second-order valence-electron chi connectivity index (χ2n) is 5.07. The highest BCUT2D eigenvalue weighted by atomic mass is 16.2. The Morgan fingerprint density at radius 2 is 1.59 bits per heavy atom. The number of hydrogen-bond acceptors (Lipinski definition) is 2. The number of nitrogens with one attached hydrogen (secondary N) is 2. The van der Waals surface area contributed by atoms with Gasteiger partial charge in [0, 0.05) is 5.69 Å². The van der Waals surface area contributed by atoms with E-state index in [0.29, 0.717) is 5.69 Å². The maximum atomic E-state index is 12.0. The van der Waals surface area contributed by atoms with Crippen molar-refractivity contribution in [2.24, 2.45) is 0 Å². The van der Waals surface area contributed by atoms with Crippen molar-refractivity contribution < 1.29 is 9.59 Å². The van der Waals surface area contributed by atoms with Crippen LogP contribution in [0.4, 0.5) is 5.69 Å². The van der Waals surface area contributed by atoms with Crippen molar-refractivity contribution in [3.05, 3.63) is 65.7 Å². The number of amides is 2. The number of carbonyl (C=O) groups is 2. The maximum absolute atomic E-state index is 12.0. The van der Waals surface area contributed by atoms with Crippen molar-refractivity contribution in [3.8, 4) is 0 Å². The molecule has 1 atom stereocenters. The van der Waals surface area contributed by atoms with Crippen molar-refractivity contribution in [2.75, 3.05) is 5.32 Å². The van der Waals surface area contributed by atoms with E-state index in [0.717, 1.165) is 17.5 Å². The largest absolute Gasteiger partial charge is 0.341 e. The molecule has 0 aliphatic carbocycles. The number of rotatable bonds is 4. The van der Waals surface area contributed by atoms with Crippen LogP contribution in [0, 0.1) is 0 Å². The first-order valence-electron chi connectivity index (χ1n) is 7.36. The quantitative estimate of drug-likeness (QED) is 0.852. The Kier molecular flexibility index (Phi) is 5.31. The van der Waals surface area contributed by atoms with Gasteiger partial charge < -0.3 is 10.6 Å². The number of para-hydroxylation sites is 1.